The number of hydrogen-bond donors (Lipinski definition) is 1. The molecule has 2 aliphatic rings. The van der Waals surface area contributed by atoms with E-state index in [1.807, 2.05) is 26.0 Å². The minimum atomic E-state index is -0.168. The maximum atomic E-state index is 12.7. The standard InChI is InChI=1S/C17H22N2O2/c1-12-8-13(2)10-14(9-12)19-16(20)11-15(17(19)21)18-6-4-3-5-7-18/h8-10,15H,3-7,11H2,1-2H3/p+1/t15-/m1/s1. The maximum absolute atomic E-state index is 12.7. The van der Waals surface area contributed by atoms with Gasteiger partial charge in [-0.25, -0.2) is 4.90 Å². The summed E-state index contributed by atoms with van der Waals surface area (Å²) in [5, 5.41) is 0. The zero-order valence-corrected chi connectivity index (χ0v) is 12.8. The van der Waals surface area contributed by atoms with E-state index in [-0.39, 0.29) is 17.9 Å². The van der Waals surface area contributed by atoms with Crippen molar-refractivity contribution in [3.05, 3.63) is 29.3 Å². The summed E-state index contributed by atoms with van der Waals surface area (Å²) in [4.78, 5) is 27.8. The highest BCUT2D eigenvalue weighted by molar-refractivity contribution is 6.21. The molecule has 3 rings (SSSR count). The fourth-order valence-corrected chi connectivity index (χ4v) is 3.66. The van der Waals surface area contributed by atoms with E-state index in [1.54, 1.807) is 0 Å². The fourth-order valence-electron chi connectivity index (χ4n) is 3.66. The number of imide groups is 1. The lowest BCUT2D eigenvalue weighted by atomic mass is 10.1. The normalized spacial score (nSPS) is 23.9. The van der Waals surface area contributed by atoms with Crippen LogP contribution in [0.2, 0.25) is 0 Å². The van der Waals surface area contributed by atoms with E-state index >= 15 is 0 Å². The van der Waals surface area contributed by atoms with Crippen LogP contribution in [-0.2, 0) is 9.59 Å². The van der Waals surface area contributed by atoms with Gasteiger partial charge in [0, 0.05) is 0 Å². The highest BCUT2D eigenvalue weighted by Crippen LogP contribution is 2.24. The number of nitrogens with zero attached hydrogens (tertiary/aromatic N) is 1. The van der Waals surface area contributed by atoms with Crippen molar-refractivity contribution >= 4 is 17.5 Å². The highest BCUT2D eigenvalue weighted by atomic mass is 16.2. The van der Waals surface area contributed by atoms with E-state index in [0.717, 1.165) is 42.7 Å². The molecule has 0 saturated carbocycles. The Hall–Kier alpha value is -1.68. The predicted octanol–water partition coefficient (Wildman–Crippen LogP) is 1.00. The predicted molar refractivity (Wildman–Crippen MR) is 81.4 cm³/mol. The van der Waals surface area contributed by atoms with Gasteiger partial charge in [-0.3, -0.25) is 9.59 Å². The average molecular weight is 287 g/mol. The molecule has 0 spiro atoms. The van der Waals surface area contributed by atoms with Gasteiger partial charge in [0.1, 0.15) is 0 Å². The number of benzene rings is 1. The first-order chi connectivity index (χ1) is 10.1. The number of anilines is 1. The second kappa shape index (κ2) is 5.60. The summed E-state index contributed by atoms with van der Waals surface area (Å²) >= 11 is 0. The van der Waals surface area contributed by atoms with Gasteiger partial charge in [0.25, 0.3) is 5.91 Å². The molecule has 2 heterocycles. The average Bonchev–Trinajstić information content (AvgIpc) is 2.74. The first-order valence-corrected chi connectivity index (χ1v) is 7.86. The van der Waals surface area contributed by atoms with E-state index in [9.17, 15) is 9.59 Å². The zero-order valence-electron chi connectivity index (χ0n) is 12.8. The number of quaternary nitrogens is 1. The van der Waals surface area contributed by atoms with Crippen LogP contribution >= 0.6 is 0 Å². The molecule has 2 fully saturated rings. The molecule has 0 bridgehead atoms. The largest absolute Gasteiger partial charge is 0.324 e. The monoisotopic (exact) mass is 287 g/mol. The molecule has 0 unspecified atom stereocenters. The van der Waals surface area contributed by atoms with Crippen LogP contribution in [0.4, 0.5) is 5.69 Å². The van der Waals surface area contributed by atoms with Crippen LogP contribution in [0.25, 0.3) is 0 Å². The van der Waals surface area contributed by atoms with Crippen molar-refractivity contribution in [3.8, 4) is 0 Å². The number of amides is 2. The molecule has 1 aromatic carbocycles. The fraction of sp³-hybridized carbons (Fsp3) is 0.529. The van der Waals surface area contributed by atoms with Crippen molar-refractivity contribution in [2.45, 2.75) is 45.6 Å². The van der Waals surface area contributed by atoms with E-state index in [2.05, 4.69) is 6.07 Å². The first kappa shape index (κ1) is 14.3. The van der Waals surface area contributed by atoms with Crippen LogP contribution in [0, 0.1) is 13.8 Å². The third-order valence-electron chi connectivity index (χ3n) is 4.60. The van der Waals surface area contributed by atoms with E-state index < -0.39 is 0 Å². The van der Waals surface area contributed by atoms with Gasteiger partial charge in [-0.15, -0.1) is 0 Å². The zero-order chi connectivity index (χ0) is 15.0. The molecule has 1 aromatic rings. The smallest absolute Gasteiger partial charge is 0.292 e. The first-order valence-electron chi connectivity index (χ1n) is 7.86. The molecular weight excluding hydrogens is 264 g/mol. The van der Waals surface area contributed by atoms with Gasteiger partial charge in [-0.2, -0.15) is 0 Å². The quantitative estimate of drug-likeness (QED) is 0.825. The molecule has 0 aromatic heterocycles. The van der Waals surface area contributed by atoms with Crippen molar-refractivity contribution in [2.75, 3.05) is 18.0 Å². The van der Waals surface area contributed by atoms with Crippen LogP contribution in [0.1, 0.15) is 36.8 Å². The maximum Gasteiger partial charge on any atom is 0.292 e. The number of nitrogens with one attached hydrogen (secondary N) is 1. The summed E-state index contributed by atoms with van der Waals surface area (Å²) in [5.74, 6) is -0.0602. The Morgan fingerprint density at radius 1 is 1.00 bits per heavy atom. The van der Waals surface area contributed by atoms with Gasteiger partial charge in [0.05, 0.1) is 25.2 Å². The number of rotatable bonds is 2. The second-order valence-corrected chi connectivity index (χ2v) is 6.39. The second-order valence-electron chi connectivity index (χ2n) is 6.39. The minimum absolute atomic E-state index is 0.0121. The highest BCUT2D eigenvalue weighted by Gasteiger charge is 2.45. The molecule has 4 heteroatoms. The van der Waals surface area contributed by atoms with Gasteiger partial charge in [-0.1, -0.05) is 6.07 Å². The molecule has 112 valence electrons. The lowest BCUT2D eigenvalue weighted by Gasteiger charge is -2.27. The van der Waals surface area contributed by atoms with Crippen molar-refractivity contribution in [2.24, 2.45) is 0 Å². The van der Waals surface area contributed by atoms with Crippen LogP contribution in [0.15, 0.2) is 18.2 Å². The Morgan fingerprint density at radius 2 is 1.62 bits per heavy atom. The third kappa shape index (κ3) is 2.72. The van der Waals surface area contributed by atoms with Crippen molar-refractivity contribution in [1.82, 2.24) is 0 Å². The van der Waals surface area contributed by atoms with Gasteiger partial charge in [0.15, 0.2) is 6.04 Å². The molecule has 4 nitrogen and oxygen atoms in total. The van der Waals surface area contributed by atoms with E-state index in [1.165, 1.54) is 16.2 Å². The Balaban J connectivity index is 1.86. The van der Waals surface area contributed by atoms with Crippen LogP contribution < -0.4 is 9.80 Å². The molecule has 21 heavy (non-hydrogen) atoms. The molecule has 0 radical (unpaired) electrons. The topological polar surface area (TPSA) is 41.8 Å². The number of carbonyl (C=O) groups is 2. The van der Waals surface area contributed by atoms with Gasteiger partial charge < -0.3 is 4.90 Å². The molecule has 2 amide bonds. The molecule has 1 atom stereocenters. The summed E-state index contributed by atoms with van der Waals surface area (Å²) in [6.07, 6.45) is 3.94. The Labute approximate surface area is 125 Å². The lowest BCUT2D eigenvalue weighted by molar-refractivity contribution is -0.919. The van der Waals surface area contributed by atoms with Crippen LogP contribution in [-0.4, -0.2) is 30.9 Å². The van der Waals surface area contributed by atoms with Crippen molar-refractivity contribution < 1.29 is 14.5 Å². The molecule has 1 N–H and O–H groups in total. The van der Waals surface area contributed by atoms with Gasteiger partial charge in [0.2, 0.25) is 5.91 Å². The molecule has 2 saturated heterocycles. The van der Waals surface area contributed by atoms with Crippen LogP contribution in [0.5, 0.6) is 0 Å². The number of carbonyl (C=O) groups excluding carboxylic acids is 2. The summed E-state index contributed by atoms with van der Waals surface area (Å²) in [5.41, 5.74) is 2.90. The summed E-state index contributed by atoms with van der Waals surface area (Å²) in [6, 6.07) is 5.74. The number of aryl methyl sites for hydroxylation is 2. The summed E-state index contributed by atoms with van der Waals surface area (Å²) in [7, 11) is 0. The Kier molecular flexibility index (Phi) is 3.81. The Bertz CT molecular complexity index is 556. The lowest BCUT2D eigenvalue weighted by Crippen LogP contribution is -3.17. The third-order valence-corrected chi connectivity index (χ3v) is 4.60. The summed E-state index contributed by atoms with van der Waals surface area (Å²) in [6.45, 7) is 6.03. The van der Waals surface area contributed by atoms with Gasteiger partial charge in [-0.05, 0) is 56.4 Å². The molecule has 0 aliphatic carbocycles. The Morgan fingerprint density at radius 3 is 2.24 bits per heavy atom. The number of hydrogen-bond acceptors (Lipinski definition) is 2. The van der Waals surface area contributed by atoms with Gasteiger partial charge >= 0.3 is 0 Å². The van der Waals surface area contributed by atoms with Crippen molar-refractivity contribution in [3.63, 3.8) is 0 Å². The SMILES string of the molecule is Cc1cc(C)cc(N2C(=O)C[C@@H]([NH+]3CCCCC3)C2=O)c1. The minimum Gasteiger partial charge on any atom is -0.324 e. The number of piperidine rings is 1. The summed E-state index contributed by atoms with van der Waals surface area (Å²) < 4.78 is 0. The van der Waals surface area contributed by atoms with E-state index in [0.29, 0.717) is 6.42 Å². The number of likely N-dealkylation sites (tertiary alicyclic amines) is 1. The van der Waals surface area contributed by atoms with Crippen LogP contribution in [0.3, 0.4) is 0 Å². The van der Waals surface area contributed by atoms with E-state index in [4.69, 9.17) is 0 Å². The molecule has 2 aliphatic heterocycles. The molecular formula is C17H23N2O2+. The van der Waals surface area contributed by atoms with Crippen molar-refractivity contribution in [1.29, 1.82) is 0 Å².